The van der Waals surface area contributed by atoms with Gasteiger partial charge in [0.15, 0.2) is 0 Å². The van der Waals surface area contributed by atoms with Crippen molar-refractivity contribution in [2.75, 3.05) is 0 Å². The number of rotatable bonds is 5. The van der Waals surface area contributed by atoms with E-state index < -0.39 is 0 Å². The molecule has 0 aromatic carbocycles. The topological polar surface area (TPSA) is 52.0 Å². The molecule has 0 rings (SSSR count). The Labute approximate surface area is 69.6 Å². The quantitative estimate of drug-likeness (QED) is 0.596. The van der Waals surface area contributed by atoms with Gasteiger partial charge in [-0.3, -0.25) is 0 Å². The molecule has 0 fully saturated rings. The fraction of sp³-hybridized carbons (Fsp3) is 0.778. The zero-order chi connectivity index (χ0) is 8.69. The molecule has 1 unspecified atom stereocenters. The zero-order valence-electron chi connectivity index (χ0n) is 7.64. The Hall–Kier alpha value is -0.500. The van der Waals surface area contributed by atoms with Gasteiger partial charge >= 0.3 is 0 Å². The summed E-state index contributed by atoms with van der Waals surface area (Å²) >= 11 is 0. The molecule has 0 amide bonds. The van der Waals surface area contributed by atoms with Gasteiger partial charge in [-0.05, 0) is 33.1 Å². The molecule has 0 spiro atoms. The SMILES string of the molecule is C/C(N)=C\CCCCC(C)N. The first-order valence-corrected chi connectivity index (χ1v) is 4.30. The highest BCUT2D eigenvalue weighted by molar-refractivity contribution is 4.90. The molecule has 4 N–H and O–H groups in total. The van der Waals surface area contributed by atoms with Crippen LogP contribution in [0.15, 0.2) is 11.8 Å². The van der Waals surface area contributed by atoms with Crippen LogP contribution in [0, 0.1) is 0 Å². The molecule has 2 nitrogen and oxygen atoms in total. The Kier molecular flexibility index (Phi) is 5.94. The minimum Gasteiger partial charge on any atom is -0.403 e. The van der Waals surface area contributed by atoms with Crippen molar-refractivity contribution in [3.63, 3.8) is 0 Å². The molecule has 0 saturated carbocycles. The number of hydrogen-bond acceptors (Lipinski definition) is 2. The first-order chi connectivity index (χ1) is 5.13. The Morgan fingerprint density at radius 1 is 1.45 bits per heavy atom. The normalized spacial score (nSPS) is 15.0. The van der Waals surface area contributed by atoms with Gasteiger partial charge < -0.3 is 11.5 Å². The van der Waals surface area contributed by atoms with Gasteiger partial charge in [0.05, 0.1) is 0 Å². The maximum Gasteiger partial charge on any atom is 0.00104 e. The number of allylic oxidation sites excluding steroid dienone is 2. The molecule has 0 heterocycles. The highest BCUT2D eigenvalue weighted by Gasteiger charge is 1.92. The fourth-order valence-corrected chi connectivity index (χ4v) is 0.940. The van der Waals surface area contributed by atoms with E-state index in [1.165, 1.54) is 12.8 Å². The van der Waals surface area contributed by atoms with Gasteiger partial charge in [-0.2, -0.15) is 0 Å². The monoisotopic (exact) mass is 156 g/mol. The van der Waals surface area contributed by atoms with Gasteiger partial charge in [0, 0.05) is 11.7 Å². The highest BCUT2D eigenvalue weighted by atomic mass is 14.6. The largest absolute Gasteiger partial charge is 0.403 e. The maximum absolute atomic E-state index is 5.59. The predicted molar refractivity (Wildman–Crippen MR) is 50.1 cm³/mol. The number of unbranched alkanes of at least 4 members (excludes halogenated alkanes) is 2. The third-order valence-corrected chi connectivity index (χ3v) is 1.58. The second kappa shape index (κ2) is 6.23. The van der Waals surface area contributed by atoms with Crippen molar-refractivity contribution in [3.8, 4) is 0 Å². The van der Waals surface area contributed by atoms with Crippen LogP contribution in [0.5, 0.6) is 0 Å². The van der Waals surface area contributed by atoms with E-state index in [4.69, 9.17) is 11.5 Å². The predicted octanol–water partition coefficient (Wildman–Crippen LogP) is 1.76. The average Bonchev–Trinajstić information content (AvgIpc) is 1.85. The molecule has 0 aliphatic rings. The van der Waals surface area contributed by atoms with Crippen LogP contribution in [0.25, 0.3) is 0 Å². The molecule has 0 aromatic heterocycles. The van der Waals surface area contributed by atoms with Crippen LogP contribution in [0.3, 0.4) is 0 Å². The van der Waals surface area contributed by atoms with Gasteiger partial charge in [0.2, 0.25) is 0 Å². The summed E-state index contributed by atoms with van der Waals surface area (Å²) in [6.45, 7) is 3.97. The molecule has 11 heavy (non-hydrogen) atoms. The molecule has 0 aliphatic heterocycles. The van der Waals surface area contributed by atoms with E-state index in [1.54, 1.807) is 0 Å². The molecule has 0 aromatic rings. The summed E-state index contributed by atoms with van der Waals surface area (Å²) in [5.74, 6) is 0. The fourth-order valence-electron chi connectivity index (χ4n) is 0.940. The van der Waals surface area contributed by atoms with Gasteiger partial charge in [0.1, 0.15) is 0 Å². The highest BCUT2D eigenvalue weighted by Crippen LogP contribution is 2.03. The molecule has 1 atom stereocenters. The summed E-state index contributed by atoms with van der Waals surface area (Å²) in [7, 11) is 0. The Morgan fingerprint density at radius 3 is 2.55 bits per heavy atom. The van der Waals surface area contributed by atoms with Crippen molar-refractivity contribution in [2.45, 2.75) is 45.6 Å². The summed E-state index contributed by atoms with van der Waals surface area (Å²) in [5.41, 5.74) is 12.0. The first-order valence-electron chi connectivity index (χ1n) is 4.30. The Balaban J connectivity index is 3.09. The van der Waals surface area contributed by atoms with Crippen LogP contribution in [-0.2, 0) is 0 Å². The summed E-state index contributed by atoms with van der Waals surface area (Å²) < 4.78 is 0. The van der Waals surface area contributed by atoms with Crippen molar-refractivity contribution < 1.29 is 0 Å². The molecule has 0 saturated heterocycles. The van der Waals surface area contributed by atoms with E-state index >= 15 is 0 Å². The molecule has 0 aliphatic carbocycles. The van der Waals surface area contributed by atoms with E-state index in [-0.39, 0.29) is 0 Å². The molecule has 66 valence electrons. The van der Waals surface area contributed by atoms with E-state index in [9.17, 15) is 0 Å². The van der Waals surface area contributed by atoms with Gasteiger partial charge in [0.25, 0.3) is 0 Å². The van der Waals surface area contributed by atoms with Crippen molar-refractivity contribution in [2.24, 2.45) is 11.5 Å². The minimum absolute atomic E-state index is 0.345. The second-order valence-corrected chi connectivity index (χ2v) is 3.21. The second-order valence-electron chi connectivity index (χ2n) is 3.21. The van der Waals surface area contributed by atoms with Crippen LogP contribution in [0.2, 0.25) is 0 Å². The van der Waals surface area contributed by atoms with E-state index in [0.717, 1.165) is 18.5 Å². The third kappa shape index (κ3) is 9.50. The van der Waals surface area contributed by atoms with Crippen molar-refractivity contribution >= 4 is 0 Å². The zero-order valence-corrected chi connectivity index (χ0v) is 7.64. The summed E-state index contributed by atoms with van der Waals surface area (Å²) in [4.78, 5) is 0. The van der Waals surface area contributed by atoms with Gasteiger partial charge in [-0.15, -0.1) is 0 Å². The Bertz CT molecular complexity index is 113. The average molecular weight is 156 g/mol. The first kappa shape index (κ1) is 10.5. The maximum atomic E-state index is 5.59. The molecule has 2 heteroatoms. The molecular weight excluding hydrogens is 136 g/mol. The smallest absolute Gasteiger partial charge is 0.00104 e. The lowest BCUT2D eigenvalue weighted by atomic mass is 10.1. The van der Waals surface area contributed by atoms with Crippen molar-refractivity contribution in [1.29, 1.82) is 0 Å². The minimum atomic E-state index is 0.345. The lowest BCUT2D eigenvalue weighted by Gasteiger charge is -2.02. The van der Waals surface area contributed by atoms with Gasteiger partial charge in [-0.1, -0.05) is 12.5 Å². The van der Waals surface area contributed by atoms with Crippen LogP contribution in [0.1, 0.15) is 39.5 Å². The molecule has 0 bridgehead atoms. The number of nitrogens with two attached hydrogens (primary N) is 2. The van der Waals surface area contributed by atoms with Crippen LogP contribution in [0.4, 0.5) is 0 Å². The van der Waals surface area contributed by atoms with Crippen molar-refractivity contribution in [1.82, 2.24) is 0 Å². The Morgan fingerprint density at radius 2 is 2.09 bits per heavy atom. The lowest BCUT2D eigenvalue weighted by molar-refractivity contribution is 0.601. The summed E-state index contributed by atoms with van der Waals surface area (Å²) in [5, 5.41) is 0. The van der Waals surface area contributed by atoms with E-state index in [1.807, 2.05) is 13.8 Å². The summed E-state index contributed by atoms with van der Waals surface area (Å²) in [6.07, 6.45) is 6.70. The van der Waals surface area contributed by atoms with Crippen LogP contribution >= 0.6 is 0 Å². The molecular formula is C9H20N2. The standard InChI is InChI=1S/C9H20N2/c1-8(10)6-4-3-5-7-9(2)11/h6,9H,3-5,7,10-11H2,1-2H3/b8-6+. The third-order valence-electron chi connectivity index (χ3n) is 1.58. The lowest BCUT2D eigenvalue weighted by Crippen LogP contribution is -2.13. The van der Waals surface area contributed by atoms with Crippen LogP contribution in [-0.4, -0.2) is 6.04 Å². The van der Waals surface area contributed by atoms with Gasteiger partial charge in [-0.25, -0.2) is 0 Å². The summed E-state index contributed by atoms with van der Waals surface area (Å²) in [6, 6.07) is 0.345. The van der Waals surface area contributed by atoms with E-state index in [2.05, 4.69) is 6.08 Å². The van der Waals surface area contributed by atoms with Crippen molar-refractivity contribution in [3.05, 3.63) is 11.8 Å². The molecule has 0 radical (unpaired) electrons. The van der Waals surface area contributed by atoms with E-state index in [0.29, 0.717) is 6.04 Å². The number of hydrogen-bond donors (Lipinski definition) is 2. The van der Waals surface area contributed by atoms with Crippen LogP contribution < -0.4 is 11.5 Å².